The van der Waals surface area contributed by atoms with Crippen molar-refractivity contribution in [2.24, 2.45) is 0 Å². The van der Waals surface area contributed by atoms with E-state index in [1.54, 1.807) is 6.92 Å². The zero-order valence-corrected chi connectivity index (χ0v) is 7.69. The van der Waals surface area contributed by atoms with Crippen molar-refractivity contribution in [1.82, 2.24) is 5.32 Å². The molecule has 13 heavy (non-hydrogen) atoms. The van der Waals surface area contributed by atoms with Crippen LogP contribution in [0.25, 0.3) is 0 Å². The Morgan fingerprint density at radius 2 is 2.15 bits per heavy atom. The third-order valence-corrected chi connectivity index (χ3v) is 1.51. The molecule has 0 spiro atoms. The number of amides is 1. The third-order valence-electron chi connectivity index (χ3n) is 1.51. The molecule has 0 aliphatic heterocycles. The van der Waals surface area contributed by atoms with Gasteiger partial charge in [0, 0.05) is 13.0 Å². The van der Waals surface area contributed by atoms with Crippen LogP contribution >= 0.6 is 0 Å². The van der Waals surface area contributed by atoms with Crippen LogP contribution in [0.5, 0.6) is 0 Å². The molecule has 0 aliphatic carbocycles. The predicted octanol–water partition coefficient (Wildman–Crippen LogP) is 1.75. The molecule has 1 aromatic carbocycles. The minimum Gasteiger partial charge on any atom is -0.354 e. The number of carbonyl (C=O) groups excluding carboxylic acids is 1. The largest absolute Gasteiger partial charge is 0.354 e. The Morgan fingerprint density at radius 3 is 2.69 bits per heavy atom. The number of benzene rings is 1. The van der Waals surface area contributed by atoms with Crippen LogP contribution < -0.4 is 5.32 Å². The van der Waals surface area contributed by atoms with Gasteiger partial charge in [-0.25, -0.2) is 0 Å². The van der Waals surface area contributed by atoms with Crippen LogP contribution in [-0.4, -0.2) is 11.9 Å². The summed E-state index contributed by atoms with van der Waals surface area (Å²) in [6, 6.07) is -1.80. The van der Waals surface area contributed by atoms with Gasteiger partial charge in [0.2, 0.25) is 5.91 Å². The average molecular weight is 182 g/mol. The molecule has 2 heteroatoms. The zero-order valence-electron chi connectivity index (χ0n) is 12.7. The quantitative estimate of drug-likeness (QED) is 0.758. The summed E-state index contributed by atoms with van der Waals surface area (Å²) in [6.45, 7) is 3.10. The number of hydrogen-bond acceptors (Lipinski definition) is 1. The topological polar surface area (TPSA) is 29.1 Å². The second-order valence-electron chi connectivity index (χ2n) is 2.91. The van der Waals surface area contributed by atoms with Gasteiger partial charge >= 0.3 is 0 Å². The van der Waals surface area contributed by atoms with Crippen LogP contribution in [0.15, 0.2) is 30.2 Å². The summed E-state index contributed by atoms with van der Waals surface area (Å²) in [6.07, 6.45) is 0.204. The summed E-state index contributed by atoms with van der Waals surface area (Å²) in [5, 5.41) is 2.62. The number of hydrogen-bond donors (Lipinski definition) is 1. The maximum atomic E-state index is 10.9. The van der Waals surface area contributed by atoms with Gasteiger partial charge in [0.1, 0.15) is 0 Å². The van der Waals surface area contributed by atoms with Gasteiger partial charge < -0.3 is 5.32 Å². The lowest BCUT2D eigenvalue weighted by Gasteiger charge is -2.11. The first kappa shape index (κ1) is 4.80. The van der Waals surface area contributed by atoms with Crippen molar-refractivity contribution >= 4 is 5.91 Å². The predicted molar refractivity (Wildman–Crippen MR) is 53.4 cm³/mol. The fourth-order valence-electron chi connectivity index (χ4n) is 1.08. The minimum absolute atomic E-state index is 0.204. The lowest BCUT2D eigenvalue weighted by atomic mass is 10.1. The van der Waals surface area contributed by atoms with Crippen LogP contribution in [0, 0.1) is 0 Å². The van der Waals surface area contributed by atoms with Crippen LogP contribution in [-0.2, 0) is 11.2 Å². The second-order valence-corrected chi connectivity index (χ2v) is 2.91. The second kappa shape index (κ2) is 4.65. The number of rotatable bonds is 3. The molecule has 1 amide bonds. The molecule has 0 bridgehead atoms. The first-order chi connectivity index (χ1) is 8.25. The molecule has 0 aromatic heterocycles. The minimum atomic E-state index is -0.402. The van der Waals surface area contributed by atoms with Gasteiger partial charge in [-0.15, -0.1) is 0 Å². The van der Waals surface area contributed by atoms with E-state index in [9.17, 15) is 4.79 Å². The molecule has 0 saturated carbocycles. The lowest BCUT2D eigenvalue weighted by molar-refractivity contribution is -0.119. The normalized spacial score (nSPS) is 17.5. The molecule has 0 fully saturated rings. The first-order valence-corrected chi connectivity index (χ1v) is 4.08. The van der Waals surface area contributed by atoms with E-state index in [4.69, 9.17) is 6.85 Å². The molecule has 0 heterocycles. The van der Waals surface area contributed by atoms with Gasteiger partial charge in [-0.05, 0) is 18.9 Å². The van der Waals surface area contributed by atoms with Gasteiger partial charge in [-0.2, -0.15) is 0 Å². The lowest BCUT2D eigenvalue weighted by Crippen LogP contribution is -2.31. The SMILES string of the molecule is [2H]c1c([2H])c([2H])c(CC(C)NC(C)=O)c([2H])c1[2H]. The van der Waals surface area contributed by atoms with Crippen molar-refractivity contribution in [3.8, 4) is 0 Å². The van der Waals surface area contributed by atoms with Gasteiger partial charge in [0.05, 0.1) is 6.85 Å². The van der Waals surface area contributed by atoms with E-state index >= 15 is 0 Å². The highest BCUT2D eigenvalue weighted by atomic mass is 16.1. The summed E-state index contributed by atoms with van der Waals surface area (Å²) in [5.74, 6) is -0.213. The van der Waals surface area contributed by atoms with Gasteiger partial charge in [-0.1, -0.05) is 30.2 Å². The Labute approximate surface area is 86.0 Å². The fourth-order valence-corrected chi connectivity index (χ4v) is 1.08. The van der Waals surface area contributed by atoms with E-state index in [-0.39, 0.29) is 48.1 Å². The van der Waals surface area contributed by atoms with Crippen LogP contribution in [0.3, 0.4) is 0 Å². The summed E-state index contributed by atoms with van der Waals surface area (Å²) >= 11 is 0. The molecule has 1 atom stereocenters. The maximum Gasteiger partial charge on any atom is 0.217 e. The number of nitrogens with one attached hydrogen (secondary N) is 1. The Morgan fingerprint density at radius 1 is 1.54 bits per heavy atom. The van der Waals surface area contributed by atoms with Gasteiger partial charge in [-0.3, -0.25) is 4.79 Å². The van der Waals surface area contributed by atoms with Gasteiger partial charge in [0.25, 0.3) is 0 Å². The summed E-state index contributed by atoms with van der Waals surface area (Å²) in [7, 11) is 0. The highest BCUT2D eigenvalue weighted by Crippen LogP contribution is 2.02. The summed E-state index contributed by atoms with van der Waals surface area (Å²) < 4.78 is 38.0. The average Bonchev–Trinajstić information content (AvgIpc) is 2.29. The molecule has 1 N–H and O–H groups in total. The van der Waals surface area contributed by atoms with E-state index < -0.39 is 6.04 Å². The highest BCUT2D eigenvalue weighted by molar-refractivity contribution is 5.73. The Bertz CT molecular complexity index is 460. The molecular weight excluding hydrogens is 162 g/mol. The monoisotopic (exact) mass is 182 g/mol. The highest BCUT2D eigenvalue weighted by Gasteiger charge is 2.03. The molecule has 0 aliphatic rings. The van der Waals surface area contributed by atoms with E-state index in [1.165, 1.54) is 6.92 Å². The van der Waals surface area contributed by atoms with Crippen LogP contribution in [0.1, 0.15) is 26.3 Å². The molecular formula is C11H15NO. The van der Waals surface area contributed by atoms with Gasteiger partial charge in [0.15, 0.2) is 0 Å². The maximum absolute atomic E-state index is 10.9. The molecule has 2 nitrogen and oxygen atoms in total. The Hall–Kier alpha value is -1.31. The molecule has 1 rings (SSSR count). The molecule has 1 aromatic rings. The van der Waals surface area contributed by atoms with Crippen LogP contribution in [0.2, 0.25) is 0 Å². The summed E-state index contributed by atoms with van der Waals surface area (Å²) in [5.41, 5.74) is 0.224. The van der Waals surface area contributed by atoms with E-state index in [0.29, 0.717) is 0 Å². The third kappa shape index (κ3) is 3.74. The number of carbonyl (C=O) groups is 1. The van der Waals surface area contributed by atoms with E-state index in [1.807, 2.05) is 0 Å². The van der Waals surface area contributed by atoms with Crippen molar-refractivity contribution in [2.45, 2.75) is 26.3 Å². The zero-order chi connectivity index (χ0) is 14.0. The Balaban J connectivity index is 3.13. The molecule has 70 valence electrons. The van der Waals surface area contributed by atoms with Crippen molar-refractivity contribution in [2.75, 3.05) is 0 Å². The standard InChI is InChI=1S/C11H15NO/c1-9(12-10(2)13)8-11-6-4-3-5-7-11/h3-7,9H,8H2,1-2H3,(H,12,13)/i3D,4D,5D,6D,7D. The van der Waals surface area contributed by atoms with Crippen molar-refractivity contribution in [3.05, 3.63) is 35.8 Å². The molecule has 0 radical (unpaired) electrons. The van der Waals surface area contributed by atoms with E-state index in [2.05, 4.69) is 5.32 Å². The smallest absolute Gasteiger partial charge is 0.217 e. The van der Waals surface area contributed by atoms with Crippen molar-refractivity contribution in [3.63, 3.8) is 0 Å². The Kier molecular flexibility index (Phi) is 1.72. The molecule has 1 unspecified atom stereocenters. The van der Waals surface area contributed by atoms with Crippen LogP contribution in [0.4, 0.5) is 0 Å². The van der Waals surface area contributed by atoms with Crippen molar-refractivity contribution in [1.29, 1.82) is 0 Å². The molecule has 0 saturated heterocycles. The van der Waals surface area contributed by atoms with Crippen molar-refractivity contribution < 1.29 is 11.6 Å². The van der Waals surface area contributed by atoms with E-state index in [0.717, 1.165) is 0 Å². The first-order valence-electron chi connectivity index (χ1n) is 6.58. The fraction of sp³-hybridized carbons (Fsp3) is 0.364. The summed E-state index contributed by atoms with van der Waals surface area (Å²) in [4.78, 5) is 10.9.